The van der Waals surface area contributed by atoms with E-state index >= 15 is 0 Å². The third-order valence-corrected chi connectivity index (χ3v) is 7.94. The van der Waals surface area contributed by atoms with Crippen LogP contribution in [0.25, 0.3) is 5.70 Å². The molecule has 6 heteroatoms. The second-order valence-electron chi connectivity index (χ2n) is 8.87. The van der Waals surface area contributed by atoms with Gasteiger partial charge in [-0.15, -0.1) is 11.8 Å². The number of hydrogen-bond donors (Lipinski definition) is 1. The Morgan fingerprint density at radius 3 is 2.66 bits per heavy atom. The van der Waals surface area contributed by atoms with E-state index in [1.54, 1.807) is 28.6 Å². The van der Waals surface area contributed by atoms with Gasteiger partial charge >= 0.3 is 0 Å². The predicted molar refractivity (Wildman–Crippen MR) is 130 cm³/mol. The second kappa shape index (κ2) is 9.51. The highest BCUT2D eigenvalue weighted by atomic mass is 32.2. The number of nitrogens with zero attached hydrogens (tertiary/aromatic N) is 2. The van der Waals surface area contributed by atoms with Crippen LogP contribution in [0.15, 0.2) is 70.5 Å². The fourth-order valence-electron chi connectivity index (χ4n) is 4.95. The zero-order valence-corrected chi connectivity index (χ0v) is 19.0. The number of aromatic nitrogens is 1. The number of allylic oxidation sites excluding steroid dienone is 3. The number of fused-ring (bicyclic) bond motifs is 3. The highest BCUT2D eigenvalue weighted by Crippen LogP contribution is 2.33. The lowest BCUT2D eigenvalue weighted by atomic mass is 9.84. The molecule has 2 bridgehead atoms. The van der Waals surface area contributed by atoms with Gasteiger partial charge in [-0.25, -0.2) is 0 Å². The summed E-state index contributed by atoms with van der Waals surface area (Å²) in [6, 6.07) is 13.7. The number of rotatable bonds is 6. The number of carbonyl (C=O) groups is 1. The van der Waals surface area contributed by atoms with Crippen molar-refractivity contribution in [1.29, 1.82) is 0 Å². The van der Waals surface area contributed by atoms with E-state index in [4.69, 9.17) is 0 Å². The molecule has 3 saturated heterocycles. The van der Waals surface area contributed by atoms with E-state index < -0.39 is 0 Å². The van der Waals surface area contributed by atoms with Crippen molar-refractivity contribution in [2.45, 2.75) is 37.5 Å². The van der Waals surface area contributed by atoms with E-state index in [1.807, 2.05) is 18.2 Å². The largest absolute Gasteiger partial charge is 0.348 e. The maximum absolute atomic E-state index is 13.0. The Hall–Kier alpha value is -2.57. The Labute approximate surface area is 193 Å². The first-order valence-corrected chi connectivity index (χ1v) is 12.5. The average molecular weight is 448 g/mol. The van der Waals surface area contributed by atoms with Crippen LogP contribution < -0.4 is 10.9 Å². The number of thioether (sulfide) groups is 1. The van der Waals surface area contributed by atoms with Crippen molar-refractivity contribution < 1.29 is 4.79 Å². The number of piperidine rings is 3. The first kappa shape index (κ1) is 21.3. The van der Waals surface area contributed by atoms with Crippen molar-refractivity contribution in [3.8, 4) is 0 Å². The first-order valence-electron chi connectivity index (χ1n) is 11.5. The van der Waals surface area contributed by atoms with Gasteiger partial charge in [-0.05, 0) is 56.3 Å². The maximum atomic E-state index is 13.0. The maximum Gasteiger partial charge on any atom is 0.254 e. The summed E-state index contributed by atoms with van der Waals surface area (Å²) in [6.07, 6.45) is 10.0. The van der Waals surface area contributed by atoms with E-state index in [0.717, 1.165) is 61.7 Å². The molecule has 1 aromatic carbocycles. The molecule has 4 heterocycles. The lowest BCUT2D eigenvalue weighted by molar-refractivity contribution is 0.0620. The average Bonchev–Trinajstić information content (AvgIpc) is 2.85. The summed E-state index contributed by atoms with van der Waals surface area (Å²) in [4.78, 5) is 29.3. The van der Waals surface area contributed by atoms with E-state index in [9.17, 15) is 9.59 Å². The molecule has 1 amide bonds. The van der Waals surface area contributed by atoms with Gasteiger partial charge in [0.25, 0.3) is 11.5 Å². The molecule has 32 heavy (non-hydrogen) atoms. The predicted octanol–water partition coefficient (Wildman–Crippen LogP) is 4.12. The molecule has 4 aliphatic rings. The van der Waals surface area contributed by atoms with Crippen LogP contribution in [-0.4, -0.2) is 41.1 Å². The SMILES string of the molecule is O=C(NC1CN2CCC1CC2)c1ccc(=O)n(C2=C(SCc3ccccc3)C=CCC2)c1. The molecule has 1 aromatic heterocycles. The Balaban J connectivity index is 1.37. The molecule has 5 nitrogen and oxygen atoms in total. The number of benzene rings is 1. The van der Waals surface area contributed by atoms with Crippen molar-refractivity contribution >= 4 is 23.4 Å². The third kappa shape index (κ3) is 4.62. The summed E-state index contributed by atoms with van der Waals surface area (Å²) in [5, 5.41) is 3.24. The molecule has 0 saturated carbocycles. The summed E-state index contributed by atoms with van der Waals surface area (Å²) in [5.74, 6) is 1.34. The molecule has 0 spiro atoms. The van der Waals surface area contributed by atoms with Crippen molar-refractivity contribution in [2.75, 3.05) is 19.6 Å². The minimum atomic E-state index is -0.0903. The fraction of sp³-hybridized carbons (Fsp3) is 0.385. The van der Waals surface area contributed by atoms with Gasteiger partial charge in [0, 0.05) is 41.2 Å². The summed E-state index contributed by atoms with van der Waals surface area (Å²) in [6.45, 7) is 3.23. The van der Waals surface area contributed by atoms with Crippen LogP contribution in [0.4, 0.5) is 0 Å². The minimum absolute atomic E-state index is 0.0806. The highest BCUT2D eigenvalue weighted by Gasteiger charge is 2.35. The van der Waals surface area contributed by atoms with Gasteiger partial charge in [-0.2, -0.15) is 0 Å². The molecule has 166 valence electrons. The molecule has 1 unspecified atom stereocenters. The number of nitrogens with one attached hydrogen (secondary N) is 1. The summed E-state index contributed by atoms with van der Waals surface area (Å²) in [7, 11) is 0. The molecule has 0 radical (unpaired) electrons. The Bertz CT molecular complexity index is 1100. The zero-order valence-electron chi connectivity index (χ0n) is 18.2. The fourth-order valence-corrected chi connectivity index (χ4v) is 6.02. The monoisotopic (exact) mass is 447 g/mol. The molecular formula is C26H29N3O2S. The van der Waals surface area contributed by atoms with Gasteiger partial charge in [0.15, 0.2) is 0 Å². The minimum Gasteiger partial charge on any atom is -0.348 e. The topological polar surface area (TPSA) is 54.3 Å². The van der Waals surface area contributed by atoms with Crippen LogP contribution in [0.1, 0.15) is 41.6 Å². The van der Waals surface area contributed by atoms with E-state index in [0.29, 0.717) is 11.5 Å². The standard InChI is InChI=1S/C26H29N3O2S/c30-25-11-10-21(26(31)27-22-17-28-14-12-20(22)13-15-28)16-29(25)23-8-4-5-9-24(23)32-18-19-6-2-1-3-7-19/h1-3,5-7,9-11,16,20,22H,4,8,12-15,17-18H2,(H,27,31). The lowest BCUT2D eigenvalue weighted by Crippen LogP contribution is -2.57. The zero-order chi connectivity index (χ0) is 21.9. The normalized spacial score (nSPS) is 24.6. The lowest BCUT2D eigenvalue weighted by Gasteiger charge is -2.44. The van der Waals surface area contributed by atoms with Crippen molar-refractivity contribution in [2.24, 2.45) is 5.92 Å². The van der Waals surface area contributed by atoms with Crippen LogP contribution in [0, 0.1) is 5.92 Å². The van der Waals surface area contributed by atoms with Crippen molar-refractivity contribution in [3.05, 3.63) is 87.2 Å². The quantitative estimate of drug-likeness (QED) is 0.724. The summed E-state index contributed by atoms with van der Waals surface area (Å²) in [5.41, 5.74) is 2.69. The molecule has 3 fully saturated rings. The van der Waals surface area contributed by atoms with E-state index in [-0.39, 0.29) is 17.5 Å². The van der Waals surface area contributed by atoms with Gasteiger partial charge in [0.2, 0.25) is 0 Å². The number of amides is 1. The van der Waals surface area contributed by atoms with Crippen LogP contribution in [0.3, 0.4) is 0 Å². The van der Waals surface area contributed by atoms with E-state index in [1.165, 1.54) is 11.6 Å². The van der Waals surface area contributed by atoms with Crippen LogP contribution in [0.2, 0.25) is 0 Å². The van der Waals surface area contributed by atoms with Crippen molar-refractivity contribution in [3.63, 3.8) is 0 Å². The van der Waals surface area contributed by atoms with Gasteiger partial charge < -0.3 is 10.2 Å². The van der Waals surface area contributed by atoms with Crippen LogP contribution >= 0.6 is 11.8 Å². The molecule has 3 aliphatic heterocycles. The molecule has 1 N–H and O–H groups in total. The van der Waals surface area contributed by atoms with E-state index in [2.05, 4.69) is 34.5 Å². The molecule has 1 aliphatic carbocycles. The van der Waals surface area contributed by atoms with Gasteiger partial charge in [-0.3, -0.25) is 14.2 Å². The number of pyridine rings is 1. The molecule has 2 aromatic rings. The van der Waals surface area contributed by atoms with Crippen molar-refractivity contribution in [1.82, 2.24) is 14.8 Å². The summed E-state index contributed by atoms with van der Waals surface area (Å²) >= 11 is 1.74. The Kier molecular flexibility index (Phi) is 6.32. The number of carbonyl (C=O) groups excluding carboxylic acids is 1. The highest BCUT2D eigenvalue weighted by molar-refractivity contribution is 8.02. The molecular weight excluding hydrogens is 418 g/mol. The van der Waals surface area contributed by atoms with Gasteiger partial charge in [0.1, 0.15) is 0 Å². The first-order chi connectivity index (χ1) is 15.7. The Morgan fingerprint density at radius 1 is 1.09 bits per heavy atom. The smallest absolute Gasteiger partial charge is 0.254 e. The summed E-state index contributed by atoms with van der Waals surface area (Å²) < 4.78 is 1.68. The third-order valence-electron chi connectivity index (χ3n) is 6.78. The number of hydrogen-bond acceptors (Lipinski definition) is 4. The van der Waals surface area contributed by atoms with Gasteiger partial charge in [0.05, 0.1) is 5.56 Å². The molecule has 6 rings (SSSR count). The Morgan fingerprint density at radius 2 is 1.91 bits per heavy atom. The molecule has 1 atom stereocenters. The second-order valence-corrected chi connectivity index (χ2v) is 9.89. The van der Waals surface area contributed by atoms with Crippen LogP contribution in [-0.2, 0) is 5.75 Å². The van der Waals surface area contributed by atoms with Gasteiger partial charge in [-0.1, -0.05) is 42.5 Å². The van der Waals surface area contributed by atoms with Crippen LogP contribution in [0.5, 0.6) is 0 Å².